The highest BCUT2D eigenvalue weighted by molar-refractivity contribution is 5.88. The lowest BCUT2D eigenvalue weighted by Gasteiger charge is -2.31. The highest BCUT2D eigenvalue weighted by atomic mass is 16.5. The summed E-state index contributed by atoms with van der Waals surface area (Å²) in [6, 6.07) is 17.3. The van der Waals surface area contributed by atoms with Crippen molar-refractivity contribution < 1.29 is 14.3 Å². The van der Waals surface area contributed by atoms with E-state index in [9.17, 15) is 9.59 Å². The smallest absolute Gasteiger partial charge is 0.242 e. The van der Waals surface area contributed by atoms with Gasteiger partial charge in [0.05, 0.1) is 13.5 Å². The van der Waals surface area contributed by atoms with E-state index in [2.05, 4.69) is 17.4 Å². The fourth-order valence-electron chi connectivity index (χ4n) is 4.16. The third-order valence-corrected chi connectivity index (χ3v) is 6.12. The summed E-state index contributed by atoms with van der Waals surface area (Å²) in [5.41, 5.74) is 2.07. The van der Waals surface area contributed by atoms with Crippen molar-refractivity contribution in [3.63, 3.8) is 0 Å². The molecule has 31 heavy (non-hydrogen) atoms. The van der Waals surface area contributed by atoms with Gasteiger partial charge >= 0.3 is 0 Å². The topological polar surface area (TPSA) is 58.6 Å². The van der Waals surface area contributed by atoms with Crippen molar-refractivity contribution in [2.45, 2.75) is 64.0 Å². The van der Waals surface area contributed by atoms with Crippen molar-refractivity contribution in [3.05, 3.63) is 65.7 Å². The van der Waals surface area contributed by atoms with E-state index < -0.39 is 6.04 Å². The summed E-state index contributed by atoms with van der Waals surface area (Å²) in [5, 5.41) is 3.18. The highest BCUT2D eigenvalue weighted by Crippen LogP contribution is 2.18. The number of benzene rings is 2. The maximum atomic E-state index is 13.2. The third kappa shape index (κ3) is 6.84. The van der Waals surface area contributed by atoms with Gasteiger partial charge in [-0.3, -0.25) is 9.59 Å². The molecule has 1 aliphatic carbocycles. The van der Waals surface area contributed by atoms with Gasteiger partial charge in [-0.2, -0.15) is 0 Å². The van der Waals surface area contributed by atoms with E-state index in [-0.39, 0.29) is 24.3 Å². The van der Waals surface area contributed by atoms with Crippen LogP contribution >= 0.6 is 0 Å². The van der Waals surface area contributed by atoms with E-state index in [1.54, 1.807) is 12.0 Å². The zero-order valence-corrected chi connectivity index (χ0v) is 18.7. The number of hydrogen-bond acceptors (Lipinski definition) is 3. The first-order valence-electron chi connectivity index (χ1n) is 11.3. The molecule has 2 amide bonds. The SMILES string of the molecule is COc1ccc(CC(=O)N(CCc2ccccc2)[C@@H](C)C(=O)NC2CCCCC2)cc1. The molecule has 0 bridgehead atoms. The molecule has 1 aliphatic rings. The number of hydrogen-bond donors (Lipinski definition) is 1. The molecule has 0 saturated heterocycles. The summed E-state index contributed by atoms with van der Waals surface area (Å²) >= 11 is 0. The zero-order valence-electron chi connectivity index (χ0n) is 18.7. The van der Waals surface area contributed by atoms with Gasteiger partial charge < -0.3 is 15.0 Å². The molecule has 1 fully saturated rings. The lowest BCUT2D eigenvalue weighted by molar-refractivity contribution is -0.139. The van der Waals surface area contributed by atoms with Crippen LogP contribution in [0.3, 0.4) is 0 Å². The van der Waals surface area contributed by atoms with E-state index in [0.717, 1.165) is 49.0 Å². The van der Waals surface area contributed by atoms with Gasteiger partial charge in [-0.25, -0.2) is 0 Å². The predicted octanol–water partition coefficient (Wildman–Crippen LogP) is 4.15. The molecule has 0 radical (unpaired) electrons. The van der Waals surface area contributed by atoms with Gasteiger partial charge in [0.1, 0.15) is 11.8 Å². The molecular weight excluding hydrogens is 388 g/mol. The fraction of sp³-hybridized carbons (Fsp3) is 0.462. The molecular formula is C26H34N2O3. The Morgan fingerprint density at radius 2 is 1.68 bits per heavy atom. The van der Waals surface area contributed by atoms with Crippen molar-refractivity contribution >= 4 is 11.8 Å². The first-order chi connectivity index (χ1) is 15.1. The number of rotatable bonds is 9. The molecule has 0 heterocycles. The molecule has 0 spiro atoms. The Kier molecular flexibility index (Phi) is 8.51. The molecule has 166 valence electrons. The van der Waals surface area contributed by atoms with Crippen molar-refractivity contribution in [2.24, 2.45) is 0 Å². The summed E-state index contributed by atoms with van der Waals surface area (Å²) in [6.07, 6.45) is 6.60. The van der Waals surface area contributed by atoms with E-state index in [1.807, 2.05) is 49.4 Å². The molecule has 1 atom stereocenters. The van der Waals surface area contributed by atoms with E-state index in [0.29, 0.717) is 6.54 Å². The second-order valence-corrected chi connectivity index (χ2v) is 8.37. The average Bonchev–Trinajstić information content (AvgIpc) is 2.81. The standard InChI is InChI=1S/C26H34N2O3/c1-20(26(30)27-23-11-7-4-8-12-23)28(18-17-21-9-5-3-6-10-21)25(29)19-22-13-15-24(31-2)16-14-22/h3,5-6,9-10,13-16,20,23H,4,7-8,11-12,17-19H2,1-2H3,(H,27,30)/t20-/m0/s1. The van der Waals surface area contributed by atoms with Crippen LogP contribution in [-0.2, 0) is 22.4 Å². The Morgan fingerprint density at radius 1 is 1.00 bits per heavy atom. The minimum absolute atomic E-state index is 0.0348. The molecule has 3 rings (SSSR count). The monoisotopic (exact) mass is 422 g/mol. The van der Waals surface area contributed by atoms with Crippen molar-refractivity contribution in [3.8, 4) is 5.75 Å². The van der Waals surface area contributed by atoms with Gasteiger partial charge in [0.15, 0.2) is 0 Å². The summed E-state index contributed by atoms with van der Waals surface area (Å²) in [7, 11) is 1.62. The average molecular weight is 423 g/mol. The minimum atomic E-state index is -0.503. The second-order valence-electron chi connectivity index (χ2n) is 8.37. The summed E-state index contributed by atoms with van der Waals surface area (Å²) in [5.74, 6) is 0.674. The maximum absolute atomic E-state index is 13.2. The van der Waals surface area contributed by atoms with Gasteiger partial charge in [-0.15, -0.1) is 0 Å². The predicted molar refractivity (Wildman–Crippen MR) is 123 cm³/mol. The van der Waals surface area contributed by atoms with Crippen LogP contribution in [0.1, 0.15) is 50.2 Å². The Balaban J connectivity index is 1.68. The number of carbonyl (C=O) groups is 2. The lowest BCUT2D eigenvalue weighted by atomic mass is 9.95. The molecule has 2 aromatic rings. The molecule has 1 saturated carbocycles. The van der Waals surface area contributed by atoms with Crippen molar-refractivity contribution in [1.29, 1.82) is 0 Å². The van der Waals surface area contributed by atoms with Crippen LogP contribution < -0.4 is 10.1 Å². The lowest BCUT2D eigenvalue weighted by Crippen LogP contribution is -2.51. The number of ether oxygens (including phenoxy) is 1. The van der Waals surface area contributed by atoms with Gasteiger partial charge in [0.2, 0.25) is 11.8 Å². The van der Waals surface area contributed by atoms with Gasteiger partial charge in [0.25, 0.3) is 0 Å². The van der Waals surface area contributed by atoms with Gasteiger partial charge in [0, 0.05) is 12.6 Å². The Morgan fingerprint density at radius 3 is 2.32 bits per heavy atom. The first kappa shape index (κ1) is 22.9. The fourth-order valence-corrected chi connectivity index (χ4v) is 4.16. The van der Waals surface area contributed by atoms with Crippen LogP contribution in [0, 0.1) is 0 Å². The maximum Gasteiger partial charge on any atom is 0.242 e. The number of nitrogens with zero attached hydrogens (tertiary/aromatic N) is 1. The second kappa shape index (κ2) is 11.5. The van der Waals surface area contributed by atoms with Crippen LogP contribution in [0.4, 0.5) is 0 Å². The van der Waals surface area contributed by atoms with E-state index in [4.69, 9.17) is 4.74 Å². The molecule has 0 aliphatic heterocycles. The highest BCUT2D eigenvalue weighted by Gasteiger charge is 2.27. The summed E-state index contributed by atoms with van der Waals surface area (Å²) in [4.78, 5) is 28.0. The molecule has 0 unspecified atom stereocenters. The Bertz CT molecular complexity index is 829. The Hall–Kier alpha value is -2.82. The van der Waals surface area contributed by atoms with E-state index >= 15 is 0 Å². The molecule has 0 aromatic heterocycles. The minimum Gasteiger partial charge on any atom is -0.497 e. The first-order valence-corrected chi connectivity index (χ1v) is 11.3. The van der Waals surface area contributed by atoms with Crippen LogP contribution in [0.15, 0.2) is 54.6 Å². The number of nitrogens with one attached hydrogen (secondary N) is 1. The Labute approximate surface area is 185 Å². The van der Waals surface area contributed by atoms with Crippen LogP contribution in [0.25, 0.3) is 0 Å². The van der Waals surface area contributed by atoms with E-state index in [1.165, 1.54) is 6.42 Å². The molecule has 2 aromatic carbocycles. The number of amides is 2. The quantitative estimate of drug-likeness (QED) is 0.661. The number of carbonyl (C=O) groups excluding carboxylic acids is 2. The normalized spacial score (nSPS) is 15.2. The van der Waals surface area contributed by atoms with Crippen LogP contribution in [-0.4, -0.2) is 42.5 Å². The van der Waals surface area contributed by atoms with Gasteiger partial charge in [-0.1, -0.05) is 61.7 Å². The largest absolute Gasteiger partial charge is 0.497 e. The molecule has 5 heteroatoms. The summed E-state index contributed by atoms with van der Waals surface area (Å²) in [6.45, 7) is 2.35. The number of methoxy groups -OCH3 is 1. The van der Waals surface area contributed by atoms with Crippen LogP contribution in [0.2, 0.25) is 0 Å². The molecule has 5 nitrogen and oxygen atoms in total. The van der Waals surface area contributed by atoms with Crippen LogP contribution in [0.5, 0.6) is 5.75 Å². The summed E-state index contributed by atoms with van der Waals surface area (Å²) < 4.78 is 5.20. The third-order valence-electron chi connectivity index (χ3n) is 6.12. The van der Waals surface area contributed by atoms with Gasteiger partial charge in [-0.05, 0) is 49.4 Å². The molecule has 1 N–H and O–H groups in total. The van der Waals surface area contributed by atoms with Crippen molar-refractivity contribution in [1.82, 2.24) is 10.2 Å². The van der Waals surface area contributed by atoms with Crippen molar-refractivity contribution in [2.75, 3.05) is 13.7 Å². The zero-order chi connectivity index (χ0) is 22.1.